The van der Waals surface area contributed by atoms with Crippen molar-refractivity contribution < 1.29 is 19.0 Å². The third kappa shape index (κ3) is 3.57. The van der Waals surface area contributed by atoms with Gasteiger partial charge in [-0.2, -0.15) is 0 Å². The molecule has 30 heavy (non-hydrogen) atoms. The molecule has 3 aromatic heterocycles. The van der Waals surface area contributed by atoms with E-state index in [-0.39, 0.29) is 38.9 Å². The van der Waals surface area contributed by atoms with E-state index in [4.69, 9.17) is 0 Å². The van der Waals surface area contributed by atoms with Gasteiger partial charge in [-0.05, 0) is 0 Å². The third-order valence-corrected chi connectivity index (χ3v) is 6.06. The first-order valence-corrected chi connectivity index (χ1v) is 10.1. The number of fused-ring (bicyclic) bond motifs is 2. The van der Waals surface area contributed by atoms with Gasteiger partial charge in [0.2, 0.25) is 11.8 Å². The number of imidazole rings is 2. The van der Waals surface area contributed by atoms with Crippen LogP contribution < -0.4 is 5.32 Å². The van der Waals surface area contributed by atoms with E-state index in [2.05, 4.69) is 24.8 Å². The van der Waals surface area contributed by atoms with Crippen molar-refractivity contribution >= 4 is 5.52 Å². The highest BCUT2D eigenvalue weighted by Gasteiger charge is 2.48. The maximum atomic E-state index is 12.8. The van der Waals surface area contributed by atoms with E-state index in [0.717, 1.165) is 42.5 Å². The van der Waals surface area contributed by atoms with E-state index < -0.39 is 11.8 Å². The second-order valence-corrected chi connectivity index (χ2v) is 8.35. The lowest BCUT2D eigenvalue weighted by atomic mass is 9.80. The standard InChI is InChI=1S/C10H13F2N3.C10H9F2N3.H2/c2*11-10(12)3-7(4-10)9-14-6-8-5-13-1-2-15(8)9;/h6-7,13H,1-5H2;1-2,5-7H,3-4H2;1H. The van der Waals surface area contributed by atoms with Gasteiger partial charge in [0, 0.05) is 77.2 Å². The van der Waals surface area contributed by atoms with Gasteiger partial charge >= 0.3 is 0 Å². The third-order valence-electron chi connectivity index (χ3n) is 6.06. The maximum absolute atomic E-state index is 12.8. The van der Waals surface area contributed by atoms with Crippen molar-refractivity contribution in [1.29, 1.82) is 0 Å². The summed E-state index contributed by atoms with van der Waals surface area (Å²) in [5, 5.41) is 3.24. The van der Waals surface area contributed by atoms with Gasteiger partial charge in [-0.1, -0.05) is 0 Å². The Bertz CT molecular complexity index is 1050. The summed E-state index contributed by atoms with van der Waals surface area (Å²) < 4.78 is 54.9. The molecule has 3 aliphatic rings. The molecule has 0 unspecified atom stereocenters. The summed E-state index contributed by atoms with van der Waals surface area (Å²) in [6, 6.07) is 0. The Morgan fingerprint density at radius 2 is 1.60 bits per heavy atom. The summed E-state index contributed by atoms with van der Waals surface area (Å²) in [4.78, 5) is 12.4. The Kier molecular flexibility index (Phi) is 4.57. The predicted octanol–water partition coefficient (Wildman–Crippen LogP) is 3.99. The van der Waals surface area contributed by atoms with Gasteiger partial charge in [-0.25, -0.2) is 27.5 Å². The first kappa shape index (κ1) is 19.5. The van der Waals surface area contributed by atoms with Crippen molar-refractivity contribution in [3.63, 3.8) is 0 Å². The van der Waals surface area contributed by atoms with Crippen LogP contribution in [0.1, 0.15) is 56.3 Å². The molecule has 4 heterocycles. The first-order chi connectivity index (χ1) is 14.3. The van der Waals surface area contributed by atoms with Crippen molar-refractivity contribution in [2.45, 2.75) is 62.5 Å². The highest BCUT2D eigenvalue weighted by atomic mass is 19.3. The van der Waals surface area contributed by atoms with Crippen LogP contribution in [0.15, 0.2) is 31.0 Å². The van der Waals surface area contributed by atoms with Gasteiger partial charge in [-0.3, -0.25) is 4.98 Å². The van der Waals surface area contributed by atoms with Gasteiger partial charge < -0.3 is 14.3 Å². The van der Waals surface area contributed by atoms with Crippen molar-refractivity contribution in [2.75, 3.05) is 6.54 Å². The Morgan fingerprint density at radius 3 is 2.30 bits per heavy atom. The average molecular weight is 424 g/mol. The quantitative estimate of drug-likeness (QED) is 0.632. The number of hydrogen-bond donors (Lipinski definition) is 1. The molecule has 1 aliphatic heterocycles. The molecule has 1 N–H and O–H groups in total. The molecule has 6 nitrogen and oxygen atoms in total. The van der Waals surface area contributed by atoms with Crippen molar-refractivity contribution in [3.05, 3.63) is 48.3 Å². The fourth-order valence-corrected chi connectivity index (χ4v) is 4.42. The van der Waals surface area contributed by atoms with Crippen LogP contribution >= 0.6 is 0 Å². The molecular formula is C20H24F4N6. The van der Waals surface area contributed by atoms with E-state index in [1.807, 2.05) is 4.40 Å². The van der Waals surface area contributed by atoms with Crippen LogP contribution in [0, 0.1) is 0 Å². The molecule has 10 heteroatoms. The monoisotopic (exact) mass is 424 g/mol. The molecule has 2 saturated carbocycles. The smallest absolute Gasteiger partial charge is 0.249 e. The molecule has 3 aromatic rings. The predicted molar refractivity (Wildman–Crippen MR) is 103 cm³/mol. The summed E-state index contributed by atoms with van der Waals surface area (Å²) in [5.41, 5.74) is 1.97. The zero-order valence-corrected chi connectivity index (χ0v) is 16.2. The second kappa shape index (κ2) is 7.04. The highest BCUT2D eigenvalue weighted by molar-refractivity contribution is 5.43. The lowest BCUT2D eigenvalue weighted by molar-refractivity contribution is -0.0895. The summed E-state index contributed by atoms with van der Waals surface area (Å²) in [5.74, 6) is -3.53. The van der Waals surface area contributed by atoms with E-state index in [9.17, 15) is 17.6 Å². The molecule has 0 bridgehead atoms. The van der Waals surface area contributed by atoms with E-state index in [0.29, 0.717) is 0 Å². The van der Waals surface area contributed by atoms with Crippen LogP contribution in [0.4, 0.5) is 17.6 Å². The fourth-order valence-electron chi connectivity index (χ4n) is 4.42. The van der Waals surface area contributed by atoms with Gasteiger partial charge in [-0.15, -0.1) is 0 Å². The molecule has 6 rings (SSSR count). The van der Waals surface area contributed by atoms with E-state index in [1.54, 1.807) is 31.0 Å². The molecule has 0 aromatic carbocycles. The Labute approximate surface area is 171 Å². The van der Waals surface area contributed by atoms with Gasteiger partial charge in [0.15, 0.2) is 0 Å². The molecule has 0 amide bonds. The highest BCUT2D eigenvalue weighted by Crippen LogP contribution is 2.48. The SMILES string of the molecule is FC1(F)CC(c2ncc3cnccn23)C1.FC1(F)CC(c2ncc3n2CCNC3)C1.[HH]. The van der Waals surface area contributed by atoms with Gasteiger partial charge in [0.1, 0.15) is 11.6 Å². The largest absolute Gasteiger partial charge is 0.329 e. The molecule has 162 valence electrons. The Balaban J connectivity index is 0.000000144. The van der Waals surface area contributed by atoms with Crippen molar-refractivity contribution in [2.24, 2.45) is 0 Å². The number of nitrogens with zero attached hydrogens (tertiary/aromatic N) is 5. The minimum atomic E-state index is -2.50. The summed E-state index contributed by atoms with van der Waals surface area (Å²) in [7, 11) is 0. The molecule has 0 spiro atoms. The maximum Gasteiger partial charge on any atom is 0.249 e. The average Bonchev–Trinajstić information content (AvgIpc) is 3.29. The number of alkyl halides is 4. The van der Waals surface area contributed by atoms with Crippen LogP contribution in [0.3, 0.4) is 0 Å². The normalized spacial score (nSPS) is 22.5. The summed E-state index contributed by atoms with van der Waals surface area (Å²) >= 11 is 0. The van der Waals surface area contributed by atoms with Crippen LogP contribution in [0.2, 0.25) is 0 Å². The number of rotatable bonds is 2. The van der Waals surface area contributed by atoms with E-state index >= 15 is 0 Å². The molecule has 0 radical (unpaired) electrons. The van der Waals surface area contributed by atoms with Crippen LogP contribution in [0.25, 0.3) is 5.52 Å². The molecule has 0 atom stereocenters. The molecular weight excluding hydrogens is 400 g/mol. The zero-order chi connectivity index (χ0) is 20.9. The Morgan fingerprint density at radius 1 is 0.933 bits per heavy atom. The Hall–Kier alpha value is -2.49. The van der Waals surface area contributed by atoms with Crippen molar-refractivity contribution in [3.8, 4) is 0 Å². The topological polar surface area (TPSA) is 60.0 Å². The summed E-state index contributed by atoms with van der Waals surface area (Å²) in [6.45, 7) is 2.56. The van der Waals surface area contributed by atoms with Crippen LogP contribution in [-0.2, 0) is 13.1 Å². The van der Waals surface area contributed by atoms with E-state index in [1.165, 1.54) is 0 Å². The lowest BCUT2D eigenvalue weighted by Gasteiger charge is -2.35. The van der Waals surface area contributed by atoms with Crippen molar-refractivity contribution in [1.82, 2.24) is 29.2 Å². The fraction of sp³-hybridized carbons (Fsp3) is 0.550. The molecule has 2 fully saturated rings. The van der Waals surface area contributed by atoms with Crippen LogP contribution in [0.5, 0.6) is 0 Å². The molecule has 2 aliphatic carbocycles. The minimum Gasteiger partial charge on any atom is -0.329 e. The second-order valence-electron chi connectivity index (χ2n) is 8.35. The number of hydrogen-bond acceptors (Lipinski definition) is 4. The number of halogens is 4. The number of aromatic nitrogens is 5. The summed E-state index contributed by atoms with van der Waals surface area (Å²) in [6.07, 6.45) is 8.30. The van der Waals surface area contributed by atoms with Gasteiger partial charge in [0.05, 0.1) is 23.6 Å². The first-order valence-electron chi connectivity index (χ1n) is 10.1. The van der Waals surface area contributed by atoms with Gasteiger partial charge in [0.25, 0.3) is 0 Å². The minimum absolute atomic E-state index is 0. The lowest BCUT2D eigenvalue weighted by Crippen LogP contribution is -2.37. The zero-order valence-electron chi connectivity index (χ0n) is 16.2. The molecule has 0 saturated heterocycles. The van der Waals surface area contributed by atoms with Crippen LogP contribution in [-0.4, -0.2) is 42.3 Å². The number of nitrogens with one attached hydrogen (secondary N) is 1.